The van der Waals surface area contributed by atoms with E-state index in [4.69, 9.17) is 0 Å². The van der Waals surface area contributed by atoms with Gasteiger partial charge in [0.25, 0.3) is 0 Å². The molecule has 17 heavy (non-hydrogen) atoms. The minimum absolute atomic E-state index is 0.318. The van der Waals surface area contributed by atoms with Crippen molar-refractivity contribution < 1.29 is 35.7 Å². The van der Waals surface area contributed by atoms with Gasteiger partial charge in [-0.25, -0.2) is 0 Å². The molecule has 0 saturated carbocycles. The third-order valence-corrected chi connectivity index (χ3v) is 2.56. The number of carboxylic acid groups (broad SMARTS) is 1. The zero-order valence-corrected chi connectivity index (χ0v) is 8.71. The lowest BCUT2D eigenvalue weighted by Crippen LogP contribution is -2.28. The Kier molecular flexibility index (Phi) is 3.32. The number of aromatic carboxylic acids is 1. The average molecular weight is 269 g/mol. The highest BCUT2D eigenvalue weighted by Gasteiger charge is 2.48. The molecule has 0 spiro atoms. The summed E-state index contributed by atoms with van der Waals surface area (Å²) in [6.45, 7) is 0. The van der Waals surface area contributed by atoms with Crippen LogP contribution in [-0.4, -0.2) is 19.9 Å². The summed E-state index contributed by atoms with van der Waals surface area (Å²) in [6, 6.07) is 3.26. The van der Waals surface area contributed by atoms with Gasteiger partial charge in [0.1, 0.15) is 5.75 Å². The first-order chi connectivity index (χ1) is 7.63. The molecule has 0 bridgehead atoms. The SMILES string of the molecule is O=C([O-])c1ccc(OS(=O)(=O)C(F)(F)F)cc1. The van der Waals surface area contributed by atoms with E-state index in [0.29, 0.717) is 0 Å². The summed E-state index contributed by atoms with van der Waals surface area (Å²) in [6.07, 6.45) is 0. The summed E-state index contributed by atoms with van der Waals surface area (Å²) in [7, 11) is -5.75. The van der Waals surface area contributed by atoms with Crippen LogP contribution in [0.25, 0.3) is 0 Å². The van der Waals surface area contributed by atoms with E-state index in [-0.39, 0.29) is 5.56 Å². The first-order valence-electron chi connectivity index (χ1n) is 3.95. The molecule has 0 saturated heterocycles. The Morgan fingerprint density at radius 2 is 1.65 bits per heavy atom. The summed E-state index contributed by atoms with van der Waals surface area (Å²) in [5, 5.41) is 10.3. The van der Waals surface area contributed by atoms with Crippen LogP contribution < -0.4 is 9.29 Å². The highest BCUT2D eigenvalue weighted by molar-refractivity contribution is 7.87. The van der Waals surface area contributed by atoms with Crippen molar-refractivity contribution in [2.24, 2.45) is 0 Å². The molecular formula is C8H4F3O5S-. The van der Waals surface area contributed by atoms with Crippen LogP contribution in [0.4, 0.5) is 13.2 Å². The van der Waals surface area contributed by atoms with Gasteiger partial charge in [-0.05, 0) is 29.8 Å². The third-order valence-electron chi connectivity index (χ3n) is 1.58. The van der Waals surface area contributed by atoms with Crippen LogP contribution in [0.3, 0.4) is 0 Å². The van der Waals surface area contributed by atoms with Gasteiger partial charge in [-0.1, -0.05) is 0 Å². The van der Waals surface area contributed by atoms with E-state index >= 15 is 0 Å². The molecule has 0 radical (unpaired) electrons. The fourth-order valence-electron chi connectivity index (χ4n) is 0.820. The smallest absolute Gasteiger partial charge is 0.534 e. The molecule has 0 unspecified atom stereocenters. The van der Waals surface area contributed by atoms with Crippen molar-refractivity contribution in [2.75, 3.05) is 0 Å². The lowest BCUT2D eigenvalue weighted by atomic mass is 10.2. The van der Waals surface area contributed by atoms with Crippen molar-refractivity contribution in [3.63, 3.8) is 0 Å². The normalized spacial score (nSPS) is 12.2. The number of hydrogen-bond acceptors (Lipinski definition) is 5. The molecule has 0 aliphatic rings. The van der Waals surface area contributed by atoms with Crippen LogP contribution in [0.5, 0.6) is 5.75 Å². The second-order valence-corrected chi connectivity index (χ2v) is 4.33. The van der Waals surface area contributed by atoms with Crippen molar-refractivity contribution in [1.29, 1.82) is 0 Å². The van der Waals surface area contributed by atoms with E-state index in [1.165, 1.54) is 0 Å². The summed E-state index contributed by atoms with van der Waals surface area (Å²) in [5.74, 6) is -2.19. The fraction of sp³-hybridized carbons (Fsp3) is 0.125. The number of carboxylic acids is 1. The molecular weight excluding hydrogens is 265 g/mol. The Labute approximate surface area is 93.6 Å². The Morgan fingerprint density at radius 1 is 1.18 bits per heavy atom. The van der Waals surface area contributed by atoms with Crippen LogP contribution in [0.15, 0.2) is 24.3 Å². The molecule has 0 aliphatic heterocycles. The van der Waals surface area contributed by atoms with Gasteiger partial charge in [0.15, 0.2) is 0 Å². The largest absolute Gasteiger partial charge is 0.545 e. The topological polar surface area (TPSA) is 83.5 Å². The van der Waals surface area contributed by atoms with E-state index in [1.54, 1.807) is 0 Å². The molecule has 0 atom stereocenters. The van der Waals surface area contributed by atoms with Gasteiger partial charge in [0.05, 0.1) is 5.97 Å². The van der Waals surface area contributed by atoms with E-state index in [9.17, 15) is 31.5 Å². The van der Waals surface area contributed by atoms with E-state index < -0.39 is 27.3 Å². The molecule has 1 aromatic carbocycles. The van der Waals surface area contributed by atoms with E-state index in [1.807, 2.05) is 0 Å². The zero-order valence-electron chi connectivity index (χ0n) is 7.89. The third kappa shape index (κ3) is 3.09. The predicted octanol–water partition coefficient (Wildman–Crippen LogP) is 0.279. The second-order valence-electron chi connectivity index (χ2n) is 2.80. The number of hydrogen-bond donors (Lipinski definition) is 0. The van der Waals surface area contributed by atoms with E-state index in [0.717, 1.165) is 24.3 Å². The maximum atomic E-state index is 11.9. The van der Waals surface area contributed by atoms with Crippen LogP contribution in [0.2, 0.25) is 0 Å². The molecule has 0 N–H and O–H groups in total. The quantitative estimate of drug-likeness (QED) is 0.581. The number of halogens is 3. The highest BCUT2D eigenvalue weighted by atomic mass is 32.2. The maximum absolute atomic E-state index is 11.9. The zero-order chi connectivity index (χ0) is 13.3. The highest BCUT2D eigenvalue weighted by Crippen LogP contribution is 2.26. The molecule has 94 valence electrons. The first-order valence-corrected chi connectivity index (χ1v) is 5.36. The van der Waals surface area contributed by atoms with Gasteiger partial charge in [-0.15, -0.1) is 0 Å². The van der Waals surface area contributed by atoms with Gasteiger partial charge in [-0.2, -0.15) is 21.6 Å². The minimum atomic E-state index is -5.75. The number of carbonyl (C=O) groups excluding carboxylic acids is 1. The van der Waals surface area contributed by atoms with Crippen LogP contribution in [0, 0.1) is 0 Å². The van der Waals surface area contributed by atoms with Crippen molar-refractivity contribution in [2.45, 2.75) is 5.51 Å². The Bertz CT molecular complexity index is 517. The molecule has 9 heteroatoms. The number of alkyl halides is 3. The second kappa shape index (κ2) is 4.24. The van der Waals surface area contributed by atoms with Crippen LogP contribution in [0.1, 0.15) is 10.4 Å². The number of benzene rings is 1. The lowest BCUT2D eigenvalue weighted by molar-refractivity contribution is -0.255. The fourth-order valence-corrected chi connectivity index (χ4v) is 1.28. The monoisotopic (exact) mass is 269 g/mol. The van der Waals surface area contributed by atoms with Crippen molar-refractivity contribution >= 4 is 16.1 Å². The summed E-state index contributed by atoms with van der Waals surface area (Å²) >= 11 is 0. The van der Waals surface area contributed by atoms with Crippen LogP contribution >= 0.6 is 0 Å². The molecule has 0 amide bonds. The predicted molar refractivity (Wildman–Crippen MR) is 46.4 cm³/mol. The Morgan fingerprint density at radius 3 is 2.00 bits per heavy atom. The molecule has 1 aromatic rings. The minimum Gasteiger partial charge on any atom is -0.545 e. The maximum Gasteiger partial charge on any atom is 0.534 e. The number of rotatable bonds is 3. The van der Waals surface area contributed by atoms with Gasteiger partial charge >= 0.3 is 15.6 Å². The summed E-state index contributed by atoms with van der Waals surface area (Å²) in [5.41, 5.74) is -5.86. The van der Waals surface area contributed by atoms with Gasteiger partial charge in [0.2, 0.25) is 0 Å². The standard InChI is InChI=1S/C8H5F3O5S/c9-8(10,11)17(14,15)16-6-3-1-5(2-4-6)7(12)13/h1-4H,(H,12,13)/p-1. The van der Waals surface area contributed by atoms with Crippen LogP contribution in [-0.2, 0) is 10.1 Å². The molecule has 0 fully saturated rings. The van der Waals surface area contributed by atoms with E-state index in [2.05, 4.69) is 4.18 Å². The molecule has 0 aliphatic carbocycles. The van der Waals surface area contributed by atoms with Gasteiger partial charge < -0.3 is 14.1 Å². The summed E-state index contributed by atoms with van der Waals surface area (Å²) < 4.78 is 60.6. The van der Waals surface area contributed by atoms with Crippen molar-refractivity contribution in [1.82, 2.24) is 0 Å². The molecule has 5 nitrogen and oxygen atoms in total. The average Bonchev–Trinajstić information content (AvgIpc) is 2.16. The number of carbonyl (C=O) groups is 1. The van der Waals surface area contributed by atoms with Crippen molar-refractivity contribution in [3.8, 4) is 5.75 Å². The lowest BCUT2D eigenvalue weighted by Gasteiger charge is -2.09. The van der Waals surface area contributed by atoms with Gasteiger partial charge in [0, 0.05) is 0 Å². The Hall–Kier alpha value is -1.77. The first kappa shape index (κ1) is 13.3. The Balaban J connectivity index is 2.95. The molecule has 0 aromatic heterocycles. The van der Waals surface area contributed by atoms with Gasteiger partial charge in [-0.3, -0.25) is 0 Å². The molecule has 0 heterocycles. The van der Waals surface area contributed by atoms with Crippen molar-refractivity contribution in [3.05, 3.63) is 29.8 Å². The molecule has 1 rings (SSSR count). The summed E-state index contributed by atoms with van der Waals surface area (Å²) in [4.78, 5) is 10.3.